The smallest absolute Gasteiger partial charge is 0.336 e. The standard InChI is InChI=1S/C15H10BrN3O2/c16-13-7-6-10(8-12(13)15(20)21)14-9-17-18-19(14)11-4-2-1-3-5-11/h1-9H,(H,20,21). The number of hydrogen-bond acceptors (Lipinski definition) is 3. The zero-order chi connectivity index (χ0) is 14.8. The highest BCUT2D eigenvalue weighted by Crippen LogP contribution is 2.26. The van der Waals surface area contributed by atoms with Crippen molar-refractivity contribution < 1.29 is 9.90 Å². The maximum absolute atomic E-state index is 11.2. The van der Waals surface area contributed by atoms with Gasteiger partial charge in [0.15, 0.2) is 0 Å². The summed E-state index contributed by atoms with van der Waals surface area (Å²) in [6.07, 6.45) is 1.61. The summed E-state index contributed by atoms with van der Waals surface area (Å²) in [4.78, 5) is 11.2. The lowest BCUT2D eigenvalue weighted by Gasteiger charge is -2.07. The van der Waals surface area contributed by atoms with Crippen molar-refractivity contribution in [2.75, 3.05) is 0 Å². The molecule has 0 fully saturated rings. The summed E-state index contributed by atoms with van der Waals surface area (Å²) >= 11 is 3.24. The van der Waals surface area contributed by atoms with Crippen LogP contribution in [-0.4, -0.2) is 26.1 Å². The molecule has 5 nitrogen and oxygen atoms in total. The van der Waals surface area contributed by atoms with Crippen molar-refractivity contribution in [2.24, 2.45) is 0 Å². The molecule has 0 unspecified atom stereocenters. The van der Waals surface area contributed by atoms with Crippen molar-refractivity contribution in [3.05, 3.63) is 64.8 Å². The Bertz CT molecular complexity index is 800. The third kappa shape index (κ3) is 2.57. The number of para-hydroxylation sites is 1. The van der Waals surface area contributed by atoms with Crippen molar-refractivity contribution in [2.45, 2.75) is 0 Å². The first-order chi connectivity index (χ1) is 10.2. The highest BCUT2D eigenvalue weighted by Gasteiger charge is 2.13. The zero-order valence-electron chi connectivity index (χ0n) is 10.8. The third-order valence-corrected chi connectivity index (χ3v) is 3.73. The van der Waals surface area contributed by atoms with Crippen LogP contribution in [0.15, 0.2) is 59.2 Å². The van der Waals surface area contributed by atoms with E-state index < -0.39 is 5.97 Å². The number of carbonyl (C=O) groups is 1. The van der Waals surface area contributed by atoms with Gasteiger partial charge in [0.05, 0.1) is 23.1 Å². The van der Waals surface area contributed by atoms with E-state index in [1.807, 2.05) is 36.4 Å². The van der Waals surface area contributed by atoms with E-state index >= 15 is 0 Å². The predicted molar refractivity (Wildman–Crippen MR) is 81.5 cm³/mol. The van der Waals surface area contributed by atoms with Gasteiger partial charge in [0.1, 0.15) is 0 Å². The molecule has 0 aliphatic rings. The zero-order valence-corrected chi connectivity index (χ0v) is 12.4. The van der Waals surface area contributed by atoms with Gasteiger partial charge in [-0.3, -0.25) is 0 Å². The van der Waals surface area contributed by atoms with Gasteiger partial charge in [0, 0.05) is 10.0 Å². The van der Waals surface area contributed by atoms with E-state index in [4.69, 9.17) is 0 Å². The summed E-state index contributed by atoms with van der Waals surface area (Å²) in [5, 5.41) is 17.2. The molecule has 0 radical (unpaired) electrons. The highest BCUT2D eigenvalue weighted by atomic mass is 79.9. The average Bonchev–Trinajstić information content (AvgIpc) is 2.98. The Kier molecular flexibility index (Phi) is 3.53. The van der Waals surface area contributed by atoms with Crippen LogP contribution < -0.4 is 0 Å². The Morgan fingerprint density at radius 3 is 2.62 bits per heavy atom. The molecule has 0 saturated heterocycles. The molecule has 0 saturated carbocycles. The molecular formula is C15H10BrN3O2. The van der Waals surface area contributed by atoms with Crippen LogP contribution in [0, 0.1) is 0 Å². The van der Waals surface area contributed by atoms with Crippen LogP contribution >= 0.6 is 15.9 Å². The molecule has 0 aliphatic carbocycles. The maximum atomic E-state index is 11.2. The summed E-state index contributed by atoms with van der Waals surface area (Å²) in [6, 6.07) is 14.7. The number of nitrogens with zero attached hydrogens (tertiary/aromatic N) is 3. The molecular weight excluding hydrogens is 334 g/mol. The molecule has 1 aromatic heterocycles. The molecule has 3 aromatic rings. The van der Waals surface area contributed by atoms with E-state index in [0.717, 1.165) is 16.9 Å². The van der Waals surface area contributed by atoms with Crippen LogP contribution in [0.3, 0.4) is 0 Å². The van der Waals surface area contributed by atoms with E-state index in [-0.39, 0.29) is 5.56 Å². The molecule has 2 aromatic carbocycles. The fourth-order valence-corrected chi connectivity index (χ4v) is 2.46. The molecule has 0 atom stereocenters. The summed E-state index contributed by atoms with van der Waals surface area (Å²) < 4.78 is 2.21. The predicted octanol–water partition coefficient (Wildman–Crippen LogP) is 3.40. The number of aromatic carboxylic acids is 1. The van der Waals surface area contributed by atoms with Gasteiger partial charge in [-0.15, -0.1) is 5.10 Å². The second kappa shape index (κ2) is 5.49. The van der Waals surface area contributed by atoms with E-state index in [0.29, 0.717) is 4.47 Å². The Balaban J connectivity index is 2.13. The first-order valence-electron chi connectivity index (χ1n) is 6.16. The Morgan fingerprint density at radius 1 is 1.14 bits per heavy atom. The molecule has 0 aliphatic heterocycles. The highest BCUT2D eigenvalue weighted by molar-refractivity contribution is 9.10. The maximum Gasteiger partial charge on any atom is 0.336 e. The van der Waals surface area contributed by atoms with Gasteiger partial charge < -0.3 is 5.11 Å². The summed E-state index contributed by atoms with van der Waals surface area (Å²) in [5.41, 5.74) is 2.54. The van der Waals surface area contributed by atoms with Crippen LogP contribution in [0.5, 0.6) is 0 Å². The van der Waals surface area contributed by atoms with Crippen molar-refractivity contribution in [1.82, 2.24) is 15.0 Å². The van der Waals surface area contributed by atoms with E-state index in [1.54, 1.807) is 23.0 Å². The lowest BCUT2D eigenvalue weighted by molar-refractivity contribution is 0.0696. The lowest BCUT2D eigenvalue weighted by atomic mass is 10.1. The molecule has 1 N–H and O–H groups in total. The fourth-order valence-electron chi connectivity index (χ4n) is 2.04. The van der Waals surface area contributed by atoms with Crippen LogP contribution in [0.4, 0.5) is 0 Å². The molecule has 1 heterocycles. The van der Waals surface area contributed by atoms with Crippen molar-refractivity contribution in [1.29, 1.82) is 0 Å². The molecule has 6 heteroatoms. The van der Waals surface area contributed by atoms with Gasteiger partial charge >= 0.3 is 5.97 Å². The SMILES string of the molecule is O=C(O)c1cc(-c2cnnn2-c2ccccc2)ccc1Br. The first-order valence-corrected chi connectivity index (χ1v) is 6.95. The van der Waals surface area contributed by atoms with Crippen LogP contribution in [0.1, 0.15) is 10.4 Å². The van der Waals surface area contributed by atoms with Gasteiger partial charge in [0.2, 0.25) is 0 Å². The normalized spacial score (nSPS) is 10.5. The summed E-state index contributed by atoms with van der Waals surface area (Å²) in [6.45, 7) is 0. The van der Waals surface area contributed by atoms with Crippen molar-refractivity contribution in [3.8, 4) is 16.9 Å². The Hall–Kier alpha value is -2.47. The third-order valence-electron chi connectivity index (χ3n) is 3.04. The fraction of sp³-hybridized carbons (Fsp3) is 0. The van der Waals surface area contributed by atoms with Gasteiger partial charge in [-0.1, -0.05) is 29.5 Å². The Morgan fingerprint density at radius 2 is 1.90 bits per heavy atom. The first kappa shape index (κ1) is 13.5. The van der Waals surface area contributed by atoms with Crippen LogP contribution in [-0.2, 0) is 0 Å². The topological polar surface area (TPSA) is 68.0 Å². The summed E-state index contributed by atoms with van der Waals surface area (Å²) in [7, 11) is 0. The van der Waals surface area contributed by atoms with Crippen LogP contribution in [0.25, 0.3) is 16.9 Å². The Labute approximate surface area is 129 Å². The van der Waals surface area contributed by atoms with E-state index in [1.165, 1.54) is 0 Å². The molecule has 0 bridgehead atoms. The van der Waals surface area contributed by atoms with Crippen LogP contribution in [0.2, 0.25) is 0 Å². The molecule has 21 heavy (non-hydrogen) atoms. The molecule has 0 spiro atoms. The quantitative estimate of drug-likeness (QED) is 0.791. The molecule has 104 valence electrons. The largest absolute Gasteiger partial charge is 0.478 e. The van der Waals surface area contributed by atoms with E-state index in [2.05, 4.69) is 26.2 Å². The average molecular weight is 344 g/mol. The number of rotatable bonds is 3. The minimum Gasteiger partial charge on any atom is -0.478 e. The lowest BCUT2D eigenvalue weighted by Crippen LogP contribution is -2.01. The molecule has 3 rings (SSSR count). The van der Waals surface area contributed by atoms with E-state index in [9.17, 15) is 9.90 Å². The van der Waals surface area contributed by atoms with Gasteiger partial charge in [-0.05, 0) is 40.2 Å². The minimum atomic E-state index is -0.984. The number of carboxylic acids is 1. The second-order valence-corrected chi connectivity index (χ2v) is 5.22. The van der Waals surface area contributed by atoms with Gasteiger partial charge in [-0.25, -0.2) is 9.48 Å². The van der Waals surface area contributed by atoms with Gasteiger partial charge in [-0.2, -0.15) is 0 Å². The number of benzene rings is 2. The number of hydrogen-bond donors (Lipinski definition) is 1. The second-order valence-electron chi connectivity index (χ2n) is 4.37. The monoisotopic (exact) mass is 343 g/mol. The van der Waals surface area contributed by atoms with Crippen molar-refractivity contribution >= 4 is 21.9 Å². The number of halogens is 1. The number of aromatic nitrogens is 3. The number of carboxylic acid groups (broad SMARTS) is 1. The minimum absolute atomic E-state index is 0.202. The molecule has 0 amide bonds. The van der Waals surface area contributed by atoms with Gasteiger partial charge in [0.25, 0.3) is 0 Å². The summed E-state index contributed by atoms with van der Waals surface area (Å²) in [5.74, 6) is -0.984. The van der Waals surface area contributed by atoms with Crippen molar-refractivity contribution in [3.63, 3.8) is 0 Å².